The van der Waals surface area contributed by atoms with Gasteiger partial charge in [0.25, 0.3) is 5.91 Å². The average Bonchev–Trinajstić information content (AvgIpc) is 3.04. The van der Waals surface area contributed by atoms with E-state index in [1.807, 2.05) is 0 Å². The molecule has 152 valence electrons. The van der Waals surface area contributed by atoms with Crippen LogP contribution >= 0.6 is 11.6 Å². The van der Waals surface area contributed by atoms with E-state index in [4.69, 9.17) is 30.2 Å². The summed E-state index contributed by atoms with van der Waals surface area (Å²) in [5.41, 5.74) is 1.50. The average molecular weight is 418 g/mol. The second-order valence-corrected chi connectivity index (χ2v) is 6.74. The number of fused-ring (bicyclic) bond motifs is 1. The van der Waals surface area contributed by atoms with Crippen molar-refractivity contribution >= 4 is 40.1 Å². The largest absolute Gasteiger partial charge is 0.497 e. The van der Waals surface area contributed by atoms with Crippen molar-refractivity contribution in [2.75, 3.05) is 19.5 Å². The van der Waals surface area contributed by atoms with Gasteiger partial charge in [0, 0.05) is 16.0 Å². The van der Waals surface area contributed by atoms with Crippen LogP contribution in [-0.4, -0.2) is 32.2 Å². The minimum absolute atomic E-state index is 0.0354. The zero-order valence-electron chi connectivity index (χ0n) is 16.4. The number of esters is 1. The zero-order valence-corrected chi connectivity index (χ0v) is 17.1. The van der Waals surface area contributed by atoms with Gasteiger partial charge in [0.2, 0.25) is 5.76 Å². The Morgan fingerprint density at radius 1 is 1.10 bits per heavy atom. The minimum atomic E-state index is -1.08. The molecule has 3 aromatic rings. The Hall–Kier alpha value is -3.19. The summed E-state index contributed by atoms with van der Waals surface area (Å²) in [4.78, 5) is 25.0. The van der Waals surface area contributed by atoms with Crippen molar-refractivity contribution in [2.24, 2.45) is 0 Å². The molecule has 1 N–H and O–H groups in total. The second kappa shape index (κ2) is 8.45. The molecule has 0 saturated heterocycles. The van der Waals surface area contributed by atoms with Crippen LogP contribution in [0.1, 0.15) is 23.0 Å². The van der Waals surface area contributed by atoms with Gasteiger partial charge >= 0.3 is 5.97 Å². The van der Waals surface area contributed by atoms with Crippen LogP contribution in [0, 0.1) is 6.92 Å². The topological polar surface area (TPSA) is 87.0 Å². The molecule has 1 aromatic heterocycles. The van der Waals surface area contributed by atoms with E-state index in [-0.39, 0.29) is 5.76 Å². The highest BCUT2D eigenvalue weighted by Crippen LogP contribution is 2.30. The molecule has 1 heterocycles. The molecule has 1 atom stereocenters. The van der Waals surface area contributed by atoms with E-state index in [0.717, 1.165) is 5.39 Å². The minimum Gasteiger partial charge on any atom is -0.497 e. The summed E-state index contributed by atoms with van der Waals surface area (Å²) in [6.45, 7) is 3.20. The second-order valence-electron chi connectivity index (χ2n) is 6.30. The fourth-order valence-electron chi connectivity index (χ4n) is 2.80. The fraction of sp³-hybridized carbons (Fsp3) is 0.238. The lowest BCUT2D eigenvalue weighted by molar-refractivity contribution is -0.123. The number of methoxy groups -OCH3 is 2. The highest BCUT2D eigenvalue weighted by atomic mass is 35.5. The lowest BCUT2D eigenvalue weighted by Crippen LogP contribution is -2.30. The SMILES string of the molecule is COc1ccc2oc(C(=O)O[C@H](C)C(=O)Nc3cc(Cl)ccc3OC)c(C)c2c1. The van der Waals surface area contributed by atoms with Gasteiger partial charge in [-0.3, -0.25) is 4.79 Å². The predicted molar refractivity (Wildman–Crippen MR) is 109 cm³/mol. The summed E-state index contributed by atoms with van der Waals surface area (Å²) in [6.07, 6.45) is -1.08. The Morgan fingerprint density at radius 3 is 2.55 bits per heavy atom. The number of furan rings is 1. The Labute approximate surface area is 172 Å². The molecule has 0 bridgehead atoms. The normalized spacial score (nSPS) is 11.8. The van der Waals surface area contributed by atoms with Crippen LogP contribution in [0.15, 0.2) is 40.8 Å². The van der Waals surface area contributed by atoms with E-state index in [2.05, 4.69) is 5.32 Å². The summed E-state index contributed by atoms with van der Waals surface area (Å²) >= 11 is 5.97. The highest BCUT2D eigenvalue weighted by Gasteiger charge is 2.25. The van der Waals surface area contributed by atoms with Crippen molar-refractivity contribution in [3.63, 3.8) is 0 Å². The number of rotatable bonds is 6. The van der Waals surface area contributed by atoms with Gasteiger partial charge in [0.05, 0.1) is 19.9 Å². The first-order chi connectivity index (χ1) is 13.8. The molecule has 0 spiro atoms. The van der Waals surface area contributed by atoms with Gasteiger partial charge < -0.3 is 23.9 Å². The van der Waals surface area contributed by atoms with E-state index in [1.54, 1.807) is 50.4 Å². The van der Waals surface area contributed by atoms with Crippen molar-refractivity contribution in [2.45, 2.75) is 20.0 Å². The molecule has 29 heavy (non-hydrogen) atoms. The van der Waals surface area contributed by atoms with Gasteiger partial charge in [-0.25, -0.2) is 4.79 Å². The number of ether oxygens (including phenoxy) is 3. The number of carbonyl (C=O) groups excluding carboxylic acids is 2. The number of carbonyl (C=O) groups is 2. The summed E-state index contributed by atoms with van der Waals surface area (Å²) in [5.74, 6) is -0.158. The Kier molecular flexibility index (Phi) is 5.98. The van der Waals surface area contributed by atoms with Crippen LogP contribution in [0.2, 0.25) is 5.02 Å². The molecule has 0 aliphatic carbocycles. The fourth-order valence-corrected chi connectivity index (χ4v) is 2.97. The van der Waals surface area contributed by atoms with Crippen LogP contribution in [-0.2, 0) is 9.53 Å². The summed E-state index contributed by atoms with van der Waals surface area (Å²) in [5, 5.41) is 3.81. The van der Waals surface area contributed by atoms with Gasteiger partial charge in [-0.15, -0.1) is 0 Å². The number of nitrogens with one attached hydrogen (secondary N) is 1. The third-order valence-electron chi connectivity index (χ3n) is 4.40. The van der Waals surface area contributed by atoms with Gasteiger partial charge in [0.15, 0.2) is 6.10 Å². The molecule has 0 aliphatic heterocycles. The number of benzene rings is 2. The Bertz CT molecular complexity index is 1070. The van der Waals surface area contributed by atoms with Gasteiger partial charge in [-0.05, 0) is 50.2 Å². The number of hydrogen-bond acceptors (Lipinski definition) is 6. The van der Waals surface area contributed by atoms with Gasteiger partial charge in [0.1, 0.15) is 17.1 Å². The molecular weight excluding hydrogens is 398 g/mol. The van der Waals surface area contributed by atoms with Crippen molar-refractivity contribution in [1.82, 2.24) is 0 Å². The predicted octanol–water partition coefficient (Wildman–Crippen LogP) is 4.60. The maximum absolute atomic E-state index is 12.6. The third-order valence-corrected chi connectivity index (χ3v) is 4.64. The maximum atomic E-state index is 12.6. The first kappa shape index (κ1) is 20.5. The van der Waals surface area contributed by atoms with Gasteiger partial charge in [-0.2, -0.15) is 0 Å². The van der Waals surface area contributed by atoms with Crippen LogP contribution in [0.3, 0.4) is 0 Å². The molecule has 3 rings (SSSR count). The van der Waals surface area contributed by atoms with Crippen molar-refractivity contribution in [1.29, 1.82) is 0 Å². The van der Waals surface area contributed by atoms with Crippen molar-refractivity contribution in [3.05, 3.63) is 52.7 Å². The highest BCUT2D eigenvalue weighted by molar-refractivity contribution is 6.31. The molecule has 7 nitrogen and oxygen atoms in total. The maximum Gasteiger partial charge on any atom is 0.375 e. The van der Waals surface area contributed by atoms with Crippen LogP contribution in [0.4, 0.5) is 5.69 Å². The zero-order chi connectivity index (χ0) is 21.1. The summed E-state index contributed by atoms with van der Waals surface area (Å²) in [6, 6.07) is 10.0. The lowest BCUT2D eigenvalue weighted by Gasteiger charge is -2.15. The Balaban J connectivity index is 1.75. The molecule has 8 heteroatoms. The Morgan fingerprint density at radius 2 is 1.86 bits per heavy atom. The molecular formula is C21H20ClNO6. The van der Waals surface area contributed by atoms with E-state index in [9.17, 15) is 9.59 Å². The molecule has 0 saturated carbocycles. The molecule has 0 fully saturated rings. The van der Waals surface area contributed by atoms with Crippen LogP contribution in [0.5, 0.6) is 11.5 Å². The molecule has 2 aromatic carbocycles. The molecule has 0 radical (unpaired) electrons. The van der Waals surface area contributed by atoms with E-state index in [0.29, 0.717) is 33.4 Å². The number of hydrogen-bond donors (Lipinski definition) is 1. The summed E-state index contributed by atoms with van der Waals surface area (Å²) in [7, 11) is 3.03. The number of aryl methyl sites for hydroxylation is 1. The summed E-state index contributed by atoms with van der Waals surface area (Å²) < 4.78 is 21.3. The number of amides is 1. The molecule has 0 unspecified atom stereocenters. The lowest BCUT2D eigenvalue weighted by atomic mass is 10.1. The molecule has 1 amide bonds. The van der Waals surface area contributed by atoms with Crippen LogP contribution in [0.25, 0.3) is 11.0 Å². The van der Waals surface area contributed by atoms with Crippen molar-refractivity contribution < 1.29 is 28.2 Å². The number of halogens is 1. The first-order valence-corrected chi connectivity index (χ1v) is 9.14. The van der Waals surface area contributed by atoms with E-state index >= 15 is 0 Å². The molecule has 0 aliphatic rings. The smallest absolute Gasteiger partial charge is 0.375 e. The third kappa shape index (κ3) is 4.30. The van der Waals surface area contributed by atoms with E-state index in [1.165, 1.54) is 14.0 Å². The van der Waals surface area contributed by atoms with Crippen LogP contribution < -0.4 is 14.8 Å². The number of anilines is 1. The van der Waals surface area contributed by atoms with E-state index < -0.39 is 18.0 Å². The quantitative estimate of drug-likeness (QED) is 0.590. The van der Waals surface area contributed by atoms with Gasteiger partial charge in [-0.1, -0.05) is 11.6 Å². The standard InChI is InChI=1S/C21H20ClNO6/c1-11-15-10-14(26-3)6-8-17(15)29-19(11)21(25)28-12(2)20(24)23-16-9-13(22)5-7-18(16)27-4/h5-10,12H,1-4H3,(H,23,24)/t12-/m1/s1. The van der Waals surface area contributed by atoms with Crippen molar-refractivity contribution in [3.8, 4) is 11.5 Å². The first-order valence-electron chi connectivity index (χ1n) is 8.76. The monoisotopic (exact) mass is 417 g/mol.